The molecule has 0 unspecified atom stereocenters. The molecule has 3 rings (SSSR count). The molecular weight excluding hydrogens is 412 g/mol. The minimum atomic E-state index is -1.71. The molecule has 2 atom stereocenters. The number of aliphatic hydroxyl groups is 1. The lowest BCUT2D eigenvalue weighted by Gasteiger charge is -2.30. The van der Waals surface area contributed by atoms with Crippen LogP contribution in [0.4, 0.5) is 0 Å². The second-order valence-electron chi connectivity index (χ2n) is 6.65. The van der Waals surface area contributed by atoms with Crippen LogP contribution in [0, 0.1) is 0 Å². The molecule has 2 aromatic rings. The van der Waals surface area contributed by atoms with Crippen LogP contribution >= 0.6 is 0 Å². The van der Waals surface area contributed by atoms with Crippen LogP contribution in [0.25, 0.3) is 0 Å². The van der Waals surface area contributed by atoms with Gasteiger partial charge in [0, 0.05) is 32.9 Å². The maximum absolute atomic E-state index is 12.7. The molecule has 10 heteroatoms. The highest BCUT2D eigenvalue weighted by Gasteiger charge is 2.39. The van der Waals surface area contributed by atoms with Gasteiger partial charge in [-0.05, 0) is 17.7 Å². The van der Waals surface area contributed by atoms with Gasteiger partial charge in [0.1, 0.15) is 22.8 Å². The molecule has 10 nitrogen and oxygen atoms in total. The normalized spacial score (nSPS) is 17.2. The highest BCUT2D eigenvalue weighted by atomic mass is 16.6. The lowest BCUT2D eigenvalue weighted by atomic mass is 9.92. The van der Waals surface area contributed by atoms with Gasteiger partial charge in [-0.15, -0.1) is 0 Å². The highest BCUT2D eigenvalue weighted by molar-refractivity contribution is 6.05. The van der Waals surface area contributed by atoms with E-state index < -0.39 is 41.6 Å². The van der Waals surface area contributed by atoms with Crippen molar-refractivity contribution in [2.75, 3.05) is 0 Å². The zero-order valence-electron chi connectivity index (χ0n) is 16.7. The Hall–Kier alpha value is -3.92. The summed E-state index contributed by atoms with van der Waals surface area (Å²) in [5, 5.41) is 20.6. The average molecular weight is 430 g/mol. The number of hydrogen-bond acceptors (Lipinski definition) is 10. The number of fused-ring (bicyclic) bond motifs is 1. The Morgan fingerprint density at radius 2 is 1.52 bits per heavy atom. The Balaban J connectivity index is 2.03. The van der Waals surface area contributed by atoms with Crippen LogP contribution in [-0.4, -0.2) is 40.0 Å². The van der Waals surface area contributed by atoms with Crippen molar-refractivity contribution < 1.29 is 48.3 Å². The van der Waals surface area contributed by atoms with Crippen molar-refractivity contribution in [1.29, 1.82) is 0 Å². The number of esters is 3. The standard InChI is InChI=1S/C21H18O10/c1-9(22)28-13-7-14(25)18-17(8-13)31-21(20(27)19(18)26)12-4-5-15(29-10(2)23)16(6-12)30-11(3)24/h4-8,20-21,25,27H,1-3H3/t20-,21+/m0/s1. The van der Waals surface area contributed by atoms with Crippen LogP contribution in [0.2, 0.25) is 0 Å². The van der Waals surface area contributed by atoms with Crippen LogP contribution in [0.3, 0.4) is 0 Å². The summed E-state index contributed by atoms with van der Waals surface area (Å²) >= 11 is 0. The molecular formula is C21H18O10. The van der Waals surface area contributed by atoms with Crippen molar-refractivity contribution in [3.63, 3.8) is 0 Å². The van der Waals surface area contributed by atoms with E-state index in [9.17, 15) is 29.4 Å². The Morgan fingerprint density at radius 3 is 2.13 bits per heavy atom. The first kappa shape index (κ1) is 21.8. The lowest BCUT2D eigenvalue weighted by molar-refractivity contribution is -0.134. The van der Waals surface area contributed by atoms with Crippen molar-refractivity contribution in [3.05, 3.63) is 41.5 Å². The number of benzene rings is 2. The molecule has 2 N–H and O–H groups in total. The minimum Gasteiger partial charge on any atom is -0.507 e. The van der Waals surface area contributed by atoms with Gasteiger partial charge in [0.25, 0.3) is 0 Å². The molecule has 162 valence electrons. The first-order valence-electron chi connectivity index (χ1n) is 9.02. The van der Waals surface area contributed by atoms with E-state index in [1.54, 1.807) is 0 Å². The Morgan fingerprint density at radius 1 is 0.903 bits per heavy atom. The van der Waals surface area contributed by atoms with Crippen LogP contribution in [0.15, 0.2) is 30.3 Å². The van der Waals surface area contributed by atoms with E-state index in [1.807, 2.05) is 0 Å². The number of hydrogen-bond donors (Lipinski definition) is 2. The first-order chi connectivity index (χ1) is 14.6. The maximum Gasteiger partial charge on any atom is 0.308 e. The number of rotatable bonds is 4. The molecule has 0 saturated heterocycles. The molecule has 0 radical (unpaired) electrons. The lowest BCUT2D eigenvalue weighted by Crippen LogP contribution is -2.36. The molecule has 1 heterocycles. The quantitative estimate of drug-likeness (QED) is 0.544. The number of ketones is 1. The fraction of sp³-hybridized carbons (Fsp3) is 0.238. The monoisotopic (exact) mass is 430 g/mol. The Kier molecular flexibility index (Phi) is 5.93. The Bertz CT molecular complexity index is 1090. The zero-order valence-corrected chi connectivity index (χ0v) is 16.7. The number of phenolic OH excluding ortho intramolecular Hbond substituents is 1. The van der Waals surface area contributed by atoms with E-state index in [0.29, 0.717) is 0 Å². The van der Waals surface area contributed by atoms with Crippen molar-refractivity contribution in [3.8, 4) is 28.7 Å². The van der Waals surface area contributed by atoms with E-state index in [2.05, 4.69) is 0 Å². The minimum absolute atomic E-state index is 0.0433. The molecule has 0 saturated carbocycles. The van der Waals surface area contributed by atoms with Gasteiger partial charge in [0.2, 0.25) is 5.78 Å². The van der Waals surface area contributed by atoms with Gasteiger partial charge in [-0.2, -0.15) is 0 Å². The van der Waals surface area contributed by atoms with E-state index in [-0.39, 0.29) is 34.1 Å². The first-order valence-corrected chi connectivity index (χ1v) is 9.02. The molecule has 31 heavy (non-hydrogen) atoms. The fourth-order valence-electron chi connectivity index (χ4n) is 3.05. The third kappa shape index (κ3) is 4.64. The summed E-state index contributed by atoms with van der Waals surface area (Å²) in [5.74, 6) is -3.67. The summed E-state index contributed by atoms with van der Waals surface area (Å²) in [6.45, 7) is 3.48. The summed E-state index contributed by atoms with van der Waals surface area (Å²) in [6.07, 6.45) is -2.96. The smallest absolute Gasteiger partial charge is 0.308 e. The number of carbonyl (C=O) groups excluding carboxylic acids is 4. The number of Topliss-reactive ketones (excluding diaryl/α,β-unsaturated/α-hetero) is 1. The SMILES string of the molecule is CC(=O)Oc1cc(O)c2c(c1)O[C@H](c1ccc(OC(C)=O)c(OC(C)=O)c1)[C@@H](O)C2=O. The maximum atomic E-state index is 12.7. The molecule has 0 aliphatic carbocycles. The van der Waals surface area contributed by atoms with Gasteiger partial charge in [-0.3, -0.25) is 19.2 Å². The van der Waals surface area contributed by atoms with Gasteiger partial charge in [0.15, 0.2) is 23.7 Å². The molecule has 0 aromatic heterocycles. The summed E-state index contributed by atoms with van der Waals surface area (Å²) in [7, 11) is 0. The second-order valence-corrected chi connectivity index (χ2v) is 6.65. The molecule has 0 bridgehead atoms. The van der Waals surface area contributed by atoms with Crippen LogP contribution in [0.1, 0.15) is 42.8 Å². The summed E-state index contributed by atoms with van der Waals surface area (Å²) in [4.78, 5) is 46.6. The average Bonchev–Trinajstić information content (AvgIpc) is 2.64. The van der Waals surface area contributed by atoms with Crippen LogP contribution < -0.4 is 18.9 Å². The van der Waals surface area contributed by atoms with Crippen molar-refractivity contribution in [2.45, 2.75) is 33.0 Å². The molecule has 1 aliphatic rings. The molecule has 0 spiro atoms. The second kappa shape index (κ2) is 8.44. The van der Waals surface area contributed by atoms with Crippen molar-refractivity contribution >= 4 is 23.7 Å². The summed E-state index contributed by atoms with van der Waals surface area (Å²) in [5.41, 5.74) is -0.0487. The van der Waals surface area contributed by atoms with E-state index >= 15 is 0 Å². The van der Waals surface area contributed by atoms with Gasteiger partial charge in [0.05, 0.1) is 0 Å². The molecule has 0 fully saturated rings. The topological polar surface area (TPSA) is 146 Å². The van der Waals surface area contributed by atoms with Crippen molar-refractivity contribution in [2.24, 2.45) is 0 Å². The van der Waals surface area contributed by atoms with Gasteiger partial charge < -0.3 is 29.2 Å². The largest absolute Gasteiger partial charge is 0.507 e. The molecule has 2 aromatic carbocycles. The number of ether oxygens (including phenoxy) is 4. The third-order valence-corrected chi connectivity index (χ3v) is 4.18. The zero-order chi connectivity index (χ0) is 22.9. The van der Waals surface area contributed by atoms with E-state index in [1.165, 1.54) is 31.2 Å². The molecule has 0 amide bonds. The highest BCUT2D eigenvalue weighted by Crippen LogP contribution is 2.43. The predicted octanol–water partition coefficient (Wildman–Crippen LogP) is 1.85. The molecule has 1 aliphatic heterocycles. The number of phenols is 1. The van der Waals surface area contributed by atoms with Gasteiger partial charge in [-0.25, -0.2) is 0 Å². The number of carbonyl (C=O) groups is 4. The number of aliphatic hydroxyl groups excluding tert-OH is 1. The van der Waals surface area contributed by atoms with E-state index in [0.717, 1.165) is 19.9 Å². The van der Waals surface area contributed by atoms with Crippen molar-refractivity contribution in [1.82, 2.24) is 0 Å². The van der Waals surface area contributed by atoms with Gasteiger partial charge in [-0.1, -0.05) is 6.07 Å². The van der Waals surface area contributed by atoms with Crippen LogP contribution in [-0.2, 0) is 14.4 Å². The predicted molar refractivity (Wildman–Crippen MR) is 102 cm³/mol. The number of aromatic hydroxyl groups is 1. The fourth-order valence-corrected chi connectivity index (χ4v) is 3.05. The van der Waals surface area contributed by atoms with Crippen LogP contribution in [0.5, 0.6) is 28.7 Å². The summed E-state index contributed by atoms with van der Waals surface area (Å²) < 4.78 is 20.7. The van der Waals surface area contributed by atoms with Gasteiger partial charge >= 0.3 is 17.9 Å². The summed E-state index contributed by atoms with van der Waals surface area (Å²) in [6, 6.07) is 6.29. The Labute approximate surface area is 175 Å². The third-order valence-electron chi connectivity index (χ3n) is 4.18. The van der Waals surface area contributed by atoms with E-state index in [4.69, 9.17) is 18.9 Å².